The second-order valence-corrected chi connectivity index (χ2v) is 4.81. The van der Waals surface area contributed by atoms with Gasteiger partial charge in [-0.05, 0) is 50.5 Å². The Labute approximate surface area is 105 Å². The largest absolute Gasteiger partial charge is 0.382 e. The lowest BCUT2D eigenvalue weighted by Gasteiger charge is -2.19. The maximum absolute atomic E-state index is 3.75. The first-order valence-electron chi connectivity index (χ1n) is 6.20. The van der Waals surface area contributed by atoms with Crippen molar-refractivity contribution in [1.29, 1.82) is 0 Å². The monoisotopic (exact) mass is 232 g/mol. The van der Waals surface area contributed by atoms with E-state index in [0.717, 1.165) is 12.8 Å². The molecule has 0 aliphatic carbocycles. The average Bonchev–Trinajstić information content (AvgIpc) is 2.28. The Balaban J connectivity index is 2.68. The van der Waals surface area contributed by atoms with Gasteiger partial charge in [-0.25, -0.2) is 0 Å². The molecule has 1 aromatic carbocycles. The summed E-state index contributed by atoms with van der Waals surface area (Å²) in [5.74, 6) is 0. The van der Waals surface area contributed by atoms with Gasteiger partial charge in [-0.3, -0.25) is 0 Å². The third-order valence-corrected chi connectivity index (χ3v) is 2.93. The maximum atomic E-state index is 3.75. The van der Waals surface area contributed by atoms with E-state index in [1.165, 1.54) is 16.9 Å². The lowest BCUT2D eigenvalue weighted by Crippen LogP contribution is -2.16. The zero-order valence-electron chi connectivity index (χ0n) is 11.5. The second-order valence-electron chi connectivity index (χ2n) is 4.81. The highest BCUT2D eigenvalue weighted by molar-refractivity contribution is 5.60. The van der Waals surface area contributed by atoms with Crippen LogP contribution in [0.2, 0.25) is 0 Å². The summed E-state index contributed by atoms with van der Waals surface area (Å²) >= 11 is 0. The highest BCUT2D eigenvalue weighted by Crippen LogP contribution is 2.22. The quantitative estimate of drug-likeness (QED) is 0.750. The molecule has 0 aromatic heterocycles. The number of anilines is 2. The van der Waals surface area contributed by atoms with Crippen LogP contribution in [-0.4, -0.2) is 20.1 Å². The van der Waals surface area contributed by atoms with E-state index in [-0.39, 0.29) is 0 Å². The van der Waals surface area contributed by atoms with E-state index in [1.807, 2.05) is 6.08 Å². The van der Waals surface area contributed by atoms with Crippen molar-refractivity contribution >= 4 is 11.4 Å². The summed E-state index contributed by atoms with van der Waals surface area (Å²) in [7, 11) is 4.13. The van der Waals surface area contributed by atoms with Crippen LogP contribution < -0.4 is 10.2 Å². The summed E-state index contributed by atoms with van der Waals surface area (Å²) in [6.07, 6.45) is 4.15. The zero-order valence-corrected chi connectivity index (χ0v) is 11.5. The molecule has 0 radical (unpaired) electrons. The molecule has 0 saturated carbocycles. The van der Waals surface area contributed by atoms with Gasteiger partial charge in [0.15, 0.2) is 0 Å². The highest BCUT2D eigenvalue weighted by Gasteiger charge is 2.05. The summed E-state index contributed by atoms with van der Waals surface area (Å²) in [6, 6.07) is 7.00. The Hall–Kier alpha value is -1.44. The SMILES string of the molecule is C=CCCC(C)Nc1ccc(N(C)C)cc1C. The van der Waals surface area contributed by atoms with Crippen LogP contribution in [0.15, 0.2) is 30.9 Å². The number of benzene rings is 1. The molecule has 1 unspecified atom stereocenters. The normalized spacial score (nSPS) is 12.0. The van der Waals surface area contributed by atoms with Crippen LogP contribution in [0.5, 0.6) is 0 Å². The zero-order chi connectivity index (χ0) is 12.8. The number of nitrogens with one attached hydrogen (secondary N) is 1. The molecule has 0 saturated heterocycles. The maximum Gasteiger partial charge on any atom is 0.0373 e. The fourth-order valence-electron chi connectivity index (χ4n) is 1.79. The molecule has 2 nitrogen and oxygen atoms in total. The number of allylic oxidation sites excluding steroid dienone is 1. The first kappa shape index (κ1) is 13.6. The Morgan fingerprint density at radius 3 is 2.65 bits per heavy atom. The molecule has 1 atom stereocenters. The van der Waals surface area contributed by atoms with Gasteiger partial charge in [-0.1, -0.05) is 6.08 Å². The summed E-state index contributed by atoms with van der Waals surface area (Å²) in [4.78, 5) is 2.12. The topological polar surface area (TPSA) is 15.3 Å². The minimum absolute atomic E-state index is 0.483. The van der Waals surface area contributed by atoms with Crippen LogP contribution in [0.4, 0.5) is 11.4 Å². The van der Waals surface area contributed by atoms with Crippen LogP contribution in [-0.2, 0) is 0 Å². The minimum atomic E-state index is 0.483. The van der Waals surface area contributed by atoms with E-state index in [4.69, 9.17) is 0 Å². The molecule has 0 fully saturated rings. The van der Waals surface area contributed by atoms with E-state index in [9.17, 15) is 0 Å². The Morgan fingerprint density at radius 1 is 1.41 bits per heavy atom. The van der Waals surface area contributed by atoms with Crippen molar-refractivity contribution in [2.75, 3.05) is 24.3 Å². The molecule has 1 N–H and O–H groups in total. The van der Waals surface area contributed by atoms with E-state index in [0.29, 0.717) is 6.04 Å². The molecule has 0 aliphatic rings. The van der Waals surface area contributed by atoms with Crippen LogP contribution in [0.3, 0.4) is 0 Å². The molecule has 0 heterocycles. The Bertz CT molecular complexity index is 369. The fraction of sp³-hybridized carbons (Fsp3) is 0.467. The number of hydrogen-bond donors (Lipinski definition) is 1. The molecule has 17 heavy (non-hydrogen) atoms. The van der Waals surface area contributed by atoms with Gasteiger partial charge in [0.2, 0.25) is 0 Å². The molecule has 1 aromatic rings. The molecule has 0 spiro atoms. The first-order chi connectivity index (χ1) is 8.04. The van der Waals surface area contributed by atoms with E-state index in [1.54, 1.807) is 0 Å². The van der Waals surface area contributed by atoms with Crippen LogP contribution in [0.1, 0.15) is 25.3 Å². The van der Waals surface area contributed by atoms with Gasteiger partial charge in [0.25, 0.3) is 0 Å². The van der Waals surface area contributed by atoms with Crippen LogP contribution >= 0.6 is 0 Å². The van der Waals surface area contributed by atoms with Gasteiger partial charge in [0, 0.05) is 31.5 Å². The molecule has 94 valence electrons. The van der Waals surface area contributed by atoms with Crippen molar-refractivity contribution < 1.29 is 0 Å². The molecule has 0 bridgehead atoms. The third-order valence-electron chi connectivity index (χ3n) is 2.93. The second kappa shape index (κ2) is 6.33. The minimum Gasteiger partial charge on any atom is -0.382 e. The van der Waals surface area contributed by atoms with Crippen molar-refractivity contribution in [2.45, 2.75) is 32.7 Å². The molecule has 1 rings (SSSR count). The van der Waals surface area contributed by atoms with E-state index in [2.05, 4.69) is 62.9 Å². The van der Waals surface area contributed by atoms with Crippen LogP contribution in [0, 0.1) is 6.92 Å². The molecule has 0 amide bonds. The number of aryl methyl sites for hydroxylation is 1. The van der Waals surface area contributed by atoms with Gasteiger partial charge in [-0.15, -0.1) is 6.58 Å². The standard InChI is InChI=1S/C15H24N2/c1-6-7-8-13(3)16-15-10-9-14(17(4)5)11-12(15)2/h6,9-11,13,16H,1,7-8H2,2-5H3. The summed E-state index contributed by atoms with van der Waals surface area (Å²) in [5, 5.41) is 3.54. The third kappa shape index (κ3) is 4.14. The lowest BCUT2D eigenvalue weighted by atomic mass is 10.1. The van der Waals surface area contributed by atoms with Gasteiger partial charge < -0.3 is 10.2 Å². The smallest absolute Gasteiger partial charge is 0.0373 e. The van der Waals surface area contributed by atoms with Gasteiger partial charge >= 0.3 is 0 Å². The fourth-order valence-corrected chi connectivity index (χ4v) is 1.79. The van der Waals surface area contributed by atoms with Gasteiger partial charge in [0.1, 0.15) is 0 Å². The number of rotatable bonds is 6. The van der Waals surface area contributed by atoms with Gasteiger partial charge in [-0.2, -0.15) is 0 Å². The molecule has 0 aliphatic heterocycles. The molecular formula is C15H24N2. The molecular weight excluding hydrogens is 208 g/mol. The van der Waals surface area contributed by atoms with Gasteiger partial charge in [0.05, 0.1) is 0 Å². The summed E-state index contributed by atoms with van der Waals surface area (Å²) in [6.45, 7) is 8.11. The predicted octanol–water partition coefficient (Wildman–Crippen LogP) is 3.83. The number of nitrogens with zero attached hydrogens (tertiary/aromatic N) is 1. The highest BCUT2D eigenvalue weighted by atomic mass is 15.1. The summed E-state index contributed by atoms with van der Waals surface area (Å²) in [5.41, 5.74) is 3.76. The van der Waals surface area contributed by atoms with Crippen molar-refractivity contribution in [2.24, 2.45) is 0 Å². The first-order valence-corrected chi connectivity index (χ1v) is 6.20. The van der Waals surface area contributed by atoms with Crippen molar-refractivity contribution in [1.82, 2.24) is 0 Å². The van der Waals surface area contributed by atoms with Crippen molar-refractivity contribution in [3.8, 4) is 0 Å². The Morgan fingerprint density at radius 2 is 2.12 bits per heavy atom. The van der Waals surface area contributed by atoms with E-state index >= 15 is 0 Å². The predicted molar refractivity (Wildman–Crippen MR) is 78.0 cm³/mol. The number of hydrogen-bond acceptors (Lipinski definition) is 2. The van der Waals surface area contributed by atoms with E-state index < -0.39 is 0 Å². The van der Waals surface area contributed by atoms with Crippen LogP contribution in [0.25, 0.3) is 0 Å². The lowest BCUT2D eigenvalue weighted by molar-refractivity contribution is 0.718. The van der Waals surface area contributed by atoms with Crippen molar-refractivity contribution in [3.63, 3.8) is 0 Å². The Kier molecular flexibility index (Phi) is 5.08. The van der Waals surface area contributed by atoms with Crippen molar-refractivity contribution in [3.05, 3.63) is 36.4 Å². The summed E-state index contributed by atoms with van der Waals surface area (Å²) < 4.78 is 0. The molecule has 2 heteroatoms. The average molecular weight is 232 g/mol.